The minimum Gasteiger partial charge on any atom is -0.427 e. The summed E-state index contributed by atoms with van der Waals surface area (Å²) >= 11 is 0. The lowest BCUT2D eigenvalue weighted by atomic mass is 9.82. The zero-order valence-electron chi connectivity index (χ0n) is 44.7. The first-order chi connectivity index (χ1) is 33.0. The van der Waals surface area contributed by atoms with Gasteiger partial charge < -0.3 is 14.3 Å². The summed E-state index contributed by atoms with van der Waals surface area (Å²) in [6.45, 7) is 11.5. The van der Waals surface area contributed by atoms with E-state index in [0.29, 0.717) is 5.75 Å². The zero-order valence-corrected chi connectivity index (χ0v) is 45.5. The maximum Gasteiger partial charge on any atom is 0.391 e. The van der Waals surface area contributed by atoms with E-state index in [2.05, 4.69) is 83.1 Å². The molecule has 0 atom stereocenters. The van der Waals surface area contributed by atoms with Crippen LogP contribution in [0.25, 0.3) is 22.3 Å². The quantitative estimate of drug-likeness (QED) is 0.0439. The smallest absolute Gasteiger partial charge is 0.391 e. The predicted molar refractivity (Wildman–Crippen MR) is 298 cm³/mol. The van der Waals surface area contributed by atoms with E-state index in [-0.39, 0.29) is 0 Å². The van der Waals surface area contributed by atoms with Gasteiger partial charge in [0.2, 0.25) is 0 Å². The standard InChI is InChI=1S/C63H105O3P/c1-6-11-16-21-26-31-36-41-54-46-48-58(56(52-54)43-38-33-28-23-18-13-8-3)60-50-51-62(66-67(64)65)61(45-40-35-30-25-20-15-10-5)63(60)59-49-47-55(42-37-32-27-22-17-12-7-2)53-57(59)44-39-34-29-24-19-14-9-4/h46-53,64-65H,6-45H2,1-5H3. The lowest BCUT2D eigenvalue weighted by molar-refractivity contribution is 0.373. The normalized spacial score (nSPS) is 11.6. The second-order valence-corrected chi connectivity index (χ2v) is 21.3. The van der Waals surface area contributed by atoms with Crippen molar-refractivity contribution < 1.29 is 14.3 Å². The molecule has 0 amide bonds. The Bertz CT molecular complexity index is 1650. The molecule has 0 radical (unpaired) electrons. The fraction of sp³-hybridized carbons (Fsp3) is 0.714. The van der Waals surface area contributed by atoms with Gasteiger partial charge in [-0.15, -0.1) is 0 Å². The number of aryl methyl sites for hydroxylation is 4. The van der Waals surface area contributed by atoms with Crippen LogP contribution in [0.5, 0.6) is 5.75 Å². The molecule has 3 nitrogen and oxygen atoms in total. The second-order valence-electron chi connectivity index (χ2n) is 20.6. The molecule has 4 heteroatoms. The minimum absolute atomic E-state index is 0.652. The molecule has 0 aliphatic heterocycles. The third kappa shape index (κ3) is 25.5. The van der Waals surface area contributed by atoms with E-state index in [0.717, 1.165) is 44.1 Å². The molecule has 0 aliphatic rings. The lowest BCUT2D eigenvalue weighted by Crippen LogP contribution is -2.04. The minimum atomic E-state index is -2.55. The fourth-order valence-electron chi connectivity index (χ4n) is 10.5. The highest BCUT2D eigenvalue weighted by Crippen LogP contribution is 2.46. The highest BCUT2D eigenvalue weighted by molar-refractivity contribution is 7.39. The first kappa shape index (κ1) is 59.1. The molecule has 2 N–H and O–H groups in total. The lowest BCUT2D eigenvalue weighted by Gasteiger charge is -2.24. The van der Waals surface area contributed by atoms with Crippen molar-refractivity contribution in [3.05, 3.63) is 76.3 Å². The number of unbranched alkanes of at least 4 members (excludes halogenated alkanes) is 30. The molecule has 0 aliphatic carbocycles. The van der Waals surface area contributed by atoms with Crippen molar-refractivity contribution in [3.8, 4) is 28.0 Å². The number of rotatable bonds is 44. The molecular formula is C63H105O3P. The van der Waals surface area contributed by atoms with Crippen LogP contribution in [-0.4, -0.2) is 9.79 Å². The predicted octanol–water partition coefficient (Wildman–Crippen LogP) is 21.1. The van der Waals surface area contributed by atoms with Crippen LogP contribution in [0.4, 0.5) is 0 Å². The maximum absolute atomic E-state index is 10.4. The third-order valence-corrected chi connectivity index (χ3v) is 15.0. The zero-order chi connectivity index (χ0) is 48.0. The molecule has 0 bridgehead atoms. The summed E-state index contributed by atoms with van der Waals surface area (Å²) in [4.78, 5) is 20.9. The molecule has 380 valence electrons. The molecule has 3 aromatic carbocycles. The van der Waals surface area contributed by atoms with Gasteiger partial charge in [-0.25, -0.2) is 0 Å². The highest BCUT2D eigenvalue weighted by Gasteiger charge is 2.23. The maximum atomic E-state index is 10.4. The summed E-state index contributed by atoms with van der Waals surface area (Å²) in [5.41, 5.74) is 12.4. The highest BCUT2D eigenvalue weighted by atomic mass is 31.2. The first-order valence-corrected chi connectivity index (χ1v) is 30.4. The van der Waals surface area contributed by atoms with Gasteiger partial charge in [0.05, 0.1) is 0 Å². The van der Waals surface area contributed by atoms with E-state index >= 15 is 0 Å². The van der Waals surface area contributed by atoms with Crippen molar-refractivity contribution in [1.29, 1.82) is 0 Å². The Kier molecular flexibility index (Phi) is 34.9. The van der Waals surface area contributed by atoms with E-state index < -0.39 is 8.60 Å². The Balaban J connectivity index is 2.16. The second kappa shape index (κ2) is 39.5. The molecule has 0 heterocycles. The van der Waals surface area contributed by atoms with Crippen molar-refractivity contribution in [2.24, 2.45) is 0 Å². The van der Waals surface area contributed by atoms with Gasteiger partial charge in [0.15, 0.2) is 0 Å². The Hall–Kier alpha value is -2.19. The summed E-state index contributed by atoms with van der Waals surface area (Å²) in [5, 5.41) is 0. The van der Waals surface area contributed by atoms with Crippen LogP contribution in [0.1, 0.15) is 287 Å². The molecule has 0 saturated heterocycles. The van der Waals surface area contributed by atoms with E-state index in [1.807, 2.05) is 0 Å². The molecule has 0 unspecified atom stereocenters. The number of benzene rings is 3. The van der Waals surface area contributed by atoms with Crippen molar-refractivity contribution in [2.75, 3.05) is 0 Å². The summed E-state index contributed by atoms with van der Waals surface area (Å²) in [6.07, 6.45) is 51.0. The van der Waals surface area contributed by atoms with Gasteiger partial charge in [0.1, 0.15) is 5.75 Å². The summed E-state index contributed by atoms with van der Waals surface area (Å²) in [7, 11) is -2.55. The molecule has 0 aromatic heterocycles. The van der Waals surface area contributed by atoms with Crippen molar-refractivity contribution in [2.45, 2.75) is 291 Å². The molecule has 0 saturated carbocycles. The van der Waals surface area contributed by atoms with Crippen LogP contribution in [0, 0.1) is 0 Å². The number of hydrogen-bond acceptors (Lipinski definition) is 3. The van der Waals surface area contributed by atoms with Gasteiger partial charge in [-0.1, -0.05) is 270 Å². The first-order valence-electron chi connectivity index (χ1n) is 29.2. The molecule has 67 heavy (non-hydrogen) atoms. The van der Waals surface area contributed by atoms with E-state index in [1.54, 1.807) is 0 Å². The fourth-order valence-corrected chi connectivity index (χ4v) is 10.8. The summed E-state index contributed by atoms with van der Waals surface area (Å²) < 4.78 is 6.05. The van der Waals surface area contributed by atoms with Crippen LogP contribution in [0.15, 0.2) is 48.5 Å². The van der Waals surface area contributed by atoms with Crippen molar-refractivity contribution in [3.63, 3.8) is 0 Å². The van der Waals surface area contributed by atoms with Gasteiger partial charge in [0.25, 0.3) is 0 Å². The van der Waals surface area contributed by atoms with Crippen LogP contribution in [0.3, 0.4) is 0 Å². The van der Waals surface area contributed by atoms with Gasteiger partial charge in [0, 0.05) is 5.56 Å². The molecular weight excluding hydrogens is 836 g/mol. The molecule has 0 fully saturated rings. The van der Waals surface area contributed by atoms with Crippen molar-refractivity contribution in [1.82, 2.24) is 0 Å². The Labute approximate surface area is 416 Å². The molecule has 0 spiro atoms. The Morgan fingerprint density at radius 2 is 0.642 bits per heavy atom. The average molecular weight is 942 g/mol. The van der Waals surface area contributed by atoms with E-state index in [9.17, 15) is 9.79 Å². The number of hydrogen-bond donors (Lipinski definition) is 2. The van der Waals surface area contributed by atoms with Crippen LogP contribution in [0.2, 0.25) is 0 Å². The van der Waals surface area contributed by atoms with Crippen LogP contribution >= 0.6 is 8.60 Å². The molecule has 3 aromatic rings. The summed E-state index contributed by atoms with van der Waals surface area (Å²) in [6, 6.07) is 19.3. The largest absolute Gasteiger partial charge is 0.427 e. The van der Waals surface area contributed by atoms with Gasteiger partial charge in [-0.05, 0) is 115 Å². The average Bonchev–Trinajstić information content (AvgIpc) is 3.33. The topological polar surface area (TPSA) is 49.7 Å². The monoisotopic (exact) mass is 941 g/mol. The van der Waals surface area contributed by atoms with Crippen LogP contribution < -0.4 is 4.52 Å². The van der Waals surface area contributed by atoms with E-state index in [1.165, 1.54) is 263 Å². The SMILES string of the molecule is CCCCCCCCCc1ccc(-c2ccc(OP(O)O)c(CCCCCCCCC)c2-c2ccc(CCCCCCCCC)cc2CCCCCCCCC)c(CCCCCCCCC)c1. The van der Waals surface area contributed by atoms with Crippen LogP contribution in [-0.2, 0) is 32.1 Å². The van der Waals surface area contributed by atoms with Gasteiger partial charge in [-0.3, -0.25) is 0 Å². The third-order valence-electron chi connectivity index (χ3n) is 14.6. The van der Waals surface area contributed by atoms with Gasteiger partial charge >= 0.3 is 8.60 Å². The summed E-state index contributed by atoms with van der Waals surface area (Å²) in [5.74, 6) is 0.652. The van der Waals surface area contributed by atoms with E-state index in [4.69, 9.17) is 4.52 Å². The Morgan fingerprint density at radius 3 is 1.03 bits per heavy atom. The molecule has 3 rings (SSSR count). The van der Waals surface area contributed by atoms with Crippen molar-refractivity contribution >= 4 is 8.60 Å². The Morgan fingerprint density at radius 1 is 0.328 bits per heavy atom. The van der Waals surface area contributed by atoms with Gasteiger partial charge in [-0.2, -0.15) is 0 Å².